The van der Waals surface area contributed by atoms with Crippen molar-refractivity contribution in [3.8, 4) is 0 Å². The van der Waals surface area contributed by atoms with Gasteiger partial charge >= 0.3 is 0 Å². The van der Waals surface area contributed by atoms with Gasteiger partial charge in [-0.2, -0.15) is 0 Å². The lowest BCUT2D eigenvalue weighted by atomic mass is 10.2. The summed E-state index contributed by atoms with van der Waals surface area (Å²) in [6, 6.07) is 4.16. The lowest BCUT2D eigenvalue weighted by Crippen LogP contribution is -2.41. The van der Waals surface area contributed by atoms with Crippen molar-refractivity contribution in [1.82, 2.24) is 4.90 Å². The molecule has 1 aromatic carbocycles. The second kappa shape index (κ2) is 6.73. The van der Waals surface area contributed by atoms with Gasteiger partial charge in [0.15, 0.2) is 0 Å². The first-order valence-corrected chi connectivity index (χ1v) is 6.79. The van der Waals surface area contributed by atoms with Crippen LogP contribution in [0, 0.1) is 5.82 Å². The first-order chi connectivity index (χ1) is 8.49. The van der Waals surface area contributed by atoms with E-state index in [4.69, 9.17) is 0 Å². The van der Waals surface area contributed by atoms with E-state index in [9.17, 15) is 9.18 Å². The Balaban J connectivity index is 2.77. The number of hydrogen-bond acceptors (Lipinski definition) is 2. The average Bonchev–Trinajstić information content (AvgIpc) is 2.35. The van der Waals surface area contributed by atoms with Crippen molar-refractivity contribution in [2.75, 3.05) is 18.4 Å². The maximum atomic E-state index is 13.6. The molecule has 3 nitrogen and oxygen atoms in total. The predicted octanol–water partition coefficient (Wildman–Crippen LogP) is 3.26. The number of hydrogen-bond donors (Lipinski definition) is 1. The molecular weight excluding hydrogens is 299 g/mol. The Hall–Kier alpha value is -1.10. The molecular formula is C13H18BrFN2O. The van der Waals surface area contributed by atoms with Gasteiger partial charge in [-0.15, -0.1) is 0 Å². The zero-order valence-electron chi connectivity index (χ0n) is 10.8. The summed E-state index contributed by atoms with van der Waals surface area (Å²) in [6.45, 7) is 6.90. The van der Waals surface area contributed by atoms with Crippen molar-refractivity contribution in [3.63, 3.8) is 0 Å². The van der Waals surface area contributed by atoms with Crippen LogP contribution in [0.5, 0.6) is 0 Å². The molecule has 0 radical (unpaired) electrons. The summed E-state index contributed by atoms with van der Waals surface area (Å²) in [5.74, 6) is -0.392. The van der Waals surface area contributed by atoms with Crippen LogP contribution in [0.3, 0.4) is 0 Å². The monoisotopic (exact) mass is 316 g/mol. The summed E-state index contributed by atoms with van der Waals surface area (Å²) < 4.78 is 14.3. The van der Waals surface area contributed by atoms with Crippen LogP contribution in [-0.2, 0) is 4.79 Å². The van der Waals surface area contributed by atoms with Gasteiger partial charge in [0.2, 0.25) is 5.91 Å². The van der Waals surface area contributed by atoms with Gasteiger partial charge in [0, 0.05) is 17.6 Å². The molecule has 0 saturated heterocycles. The van der Waals surface area contributed by atoms with Gasteiger partial charge in [0.25, 0.3) is 0 Å². The molecule has 5 heteroatoms. The van der Waals surface area contributed by atoms with Gasteiger partial charge in [-0.3, -0.25) is 4.79 Å². The molecule has 0 aliphatic rings. The van der Waals surface area contributed by atoms with E-state index < -0.39 is 6.04 Å². The molecule has 1 amide bonds. The minimum atomic E-state index is -0.450. The van der Waals surface area contributed by atoms with E-state index in [2.05, 4.69) is 21.2 Å². The second-order valence-electron chi connectivity index (χ2n) is 4.00. The maximum absolute atomic E-state index is 13.6. The van der Waals surface area contributed by atoms with Crippen LogP contribution in [0.4, 0.5) is 10.1 Å². The Bertz CT molecular complexity index is 421. The molecule has 100 valence electrons. The van der Waals surface area contributed by atoms with Crippen molar-refractivity contribution >= 4 is 27.5 Å². The maximum Gasteiger partial charge on any atom is 0.244 e. The summed E-state index contributed by atoms with van der Waals surface area (Å²) in [6.07, 6.45) is 0. The summed E-state index contributed by atoms with van der Waals surface area (Å²) in [5.41, 5.74) is 0.331. The van der Waals surface area contributed by atoms with E-state index in [-0.39, 0.29) is 11.7 Å². The van der Waals surface area contributed by atoms with Gasteiger partial charge in [-0.1, -0.05) is 15.9 Å². The number of likely N-dealkylation sites (N-methyl/N-ethyl adjacent to an activating group) is 1. The van der Waals surface area contributed by atoms with Crippen LogP contribution >= 0.6 is 15.9 Å². The highest BCUT2D eigenvalue weighted by Crippen LogP contribution is 2.20. The fourth-order valence-corrected chi connectivity index (χ4v) is 2.07. The number of nitrogens with zero attached hydrogens (tertiary/aromatic N) is 1. The van der Waals surface area contributed by atoms with Gasteiger partial charge in [0.05, 0.1) is 5.69 Å². The van der Waals surface area contributed by atoms with Crippen molar-refractivity contribution < 1.29 is 9.18 Å². The topological polar surface area (TPSA) is 32.3 Å². The number of nitrogens with one attached hydrogen (secondary N) is 1. The first-order valence-electron chi connectivity index (χ1n) is 6.00. The molecule has 1 unspecified atom stereocenters. The number of amides is 1. The fourth-order valence-electron chi connectivity index (χ4n) is 1.71. The molecule has 1 atom stereocenters. The molecule has 0 fully saturated rings. The van der Waals surface area contributed by atoms with Gasteiger partial charge < -0.3 is 10.2 Å². The van der Waals surface area contributed by atoms with Crippen LogP contribution in [0.1, 0.15) is 20.8 Å². The van der Waals surface area contributed by atoms with E-state index in [0.29, 0.717) is 18.8 Å². The molecule has 0 heterocycles. The van der Waals surface area contributed by atoms with Crippen LogP contribution in [0.25, 0.3) is 0 Å². The minimum absolute atomic E-state index is 0.0284. The number of carbonyl (C=O) groups excluding carboxylic acids is 1. The molecule has 0 spiro atoms. The standard InChI is InChI=1S/C13H18BrFN2O/c1-4-17(5-2)13(18)9(3)16-12-8-10(14)6-7-11(12)15/h6-9,16H,4-5H2,1-3H3. The zero-order valence-corrected chi connectivity index (χ0v) is 12.4. The average molecular weight is 317 g/mol. The van der Waals surface area contributed by atoms with Crippen molar-refractivity contribution in [2.45, 2.75) is 26.8 Å². The van der Waals surface area contributed by atoms with Crippen LogP contribution in [0.2, 0.25) is 0 Å². The lowest BCUT2D eigenvalue weighted by molar-refractivity contribution is -0.131. The Kier molecular flexibility index (Phi) is 5.59. The van der Waals surface area contributed by atoms with Gasteiger partial charge in [-0.25, -0.2) is 4.39 Å². The normalized spacial score (nSPS) is 12.1. The summed E-state index contributed by atoms with van der Waals surface area (Å²) in [5, 5.41) is 2.90. The molecule has 1 N–H and O–H groups in total. The van der Waals surface area contributed by atoms with Crippen LogP contribution in [0.15, 0.2) is 22.7 Å². The second-order valence-corrected chi connectivity index (χ2v) is 4.92. The predicted molar refractivity (Wildman–Crippen MR) is 75.1 cm³/mol. The van der Waals surface area contributed by atoms with Crippen molar-refractivity contribution in [1.29, 1.82) is 0 Å². The van der Waals surface area contributed by atoms with Gasteiger partial charge in [0.1, 0.15) is 11.9 Å². The number of halogens is 2. The van der Waals surface area contributed by atoms with Crippen LogP contribution < -0.4 is 5.32 Å². The molecule has 0 saturated carbocycles. The quantitative estimate of drug-likeness (QED) is 0.904. The molecule has 0 aliphatic carbocycles. The Morgan fingerprint density at radius 1 is 1.44 bits per heavy atom. The number of anilines is 1. The molecule has 1 rings (SSSR count). The SMILES string of the molecule is CCN(CC)C(=O)C(C)Nc1cc(Br)ccc1F. The smallest absolute Gasteiger partial charge is 0.244 e. The largest absolute Gasteiger partial charge is 0.371 e. The molecule has 1 aromatic rings. The van der Waals surface area contributed by atoms with E-state index in [1.807, 2.05) is 13.8 Å². The van der Waals surface area contributed by atoms with E-state index in [1.54, 1.807) is 24.0 Å². The zero-order chi connectivity index (χ0) is 13.7. The number of benzene rings is 1. The van der Waals surface area contributed by atoms with Crippen molar-refractivity contribution in [3.05, 3.63) is 28.5 Å². The third kappa shape index (κ3) is 3.70. The van der Waals surface area contributed by atoms with E-state index >= 15 is 0 Å². The molecule has 0 aromatic heterocycles. The molecule has 18 heavy (non-hydrogen) atoms. The Morgan fingerprint density at radius 2 is 2.06 bits per heavy atom. The minimum Gasteiger partial charge on any atom is -0.371 e. The third-order valence-corrected chi connectivity index (χ3v) is 3.24. The highest BCUT2D eigenvalue weighted by molar-refractivity contribution is 9.10. The Labute approximate surface area is 115 Å². The van der Waals surface area contributed by atoms with E-state index in [0.717, 1.165) is 4.47 Å². The highest BCUT2D eigenvalue weighted by Gasteiger charge is 2.18. The van der Waals surface area contributed by atoms with Crippen LogP contribution in [-0.4, -0.2) is 29.9 Å². The van der Waals surface area contributed by atoms with Gasteiger partial charge in [-0.05, 0) is 39.0 Å². The first kappa shape index (κ1) is 15.0. The number of rotatable bonds is 5. The fraction of sp³-hybridized carbons (Fsp3) is 0.462. The third-order valence-electron chi connectivity index (χ3n) is 2.75. The highest BCUT2D eigenvalue weighted by atomic mass is 79.9. The van der Waals surface area contributed by atoms with Crippen molar-refractivity contribution in [2.24, 2.45) is 0 Å². The summed E-state index contributed by atoms with van der Waals surface area (Å²) in [4.78, 5) is 13.8. The number of carbonyl (C=O) groups is 1. The molecule has 0 bridgehead atoms. The lowest BCUT2D eigenvalue weighted by Gasteiger charge is -2.24. The summed E-state index contributed by atoms with van der Waals surface area (Å²) in [7, 11) is 0. The Morgan fingerprint density at radius 3 is 2.61 bits per heavy atom. The molecule has 0 aliphatic heterocycles. The summed E-state index contributed by atoms with van der Waals surface area (Å²) >= 11 is 3.28. The van der Waals surface area contributed by atoms with E-state index in [1.165, 1.54) is 6.07 Å².